The molecule has 0 saturated carbocycles. The number of aromatic nitrogens is 3. The Hall–Kier alpha value is -7.50. The summed E-state index contributed by atoms with van der Waals surface area (Å²) in [6.45, 7) is -4.92. The largest absolute Gasteiger partial charge is 3.00 e. The topological polar surface area (TPSA) is 38.7 Å². The van der Waals surface area contributed by atoms with E-state index >= 15 is 0 Å². The van der Waals surface area contributed by atoms with Crippen molar-refractivity contribution in [1.82, 2.24) is 15.0 Å². The first-order valence-corrected chi connectivity index (χ1v) is 22.4. The van der Waals surface area contributed by atoms with Gasteiger partial charge in [0, 0.05) is 44.0 Å². The van der Waals surface area contributed by atoms with Crippen molar-refractivity contribution in [3.63, 3.8) is 0 Å². The van der Waals surface area contributed by atoms with Gasteiger partial charge in [-0.15, -0.1) is 95.6 Å². The summed E-state index contributed by atoms with van der Waals surface area (Å²) in [4.78, 5) is 14.2. The van der Waals surface area contributed by atoms with Crippen LogP contribution in [-0.4, -0.2) is 15.0 Å². The summed E-state index contributed by atoms with van der Waals surface area (Å²) in [6, 6.07) is 63.4. The predicted molar refractivity (Wildman–Crippen MR) is 271 cm³/mol. The van der Waals surface area contributed by atoms with Crippen LogP contribution in [0, 0.1) is 43.5 Å². The van der Waals surface area contributed by atoms with Crippen LogP contribution in [0.3, 0.4) is 0 Å². The Balaban J connectivity index is 0.00000689. The third-order valence-electron chi connectivity index (χ3n) is 12.2. The zero-order chi connectivity index (χ0) is 51.4. The zero-order valence-electron chi connectivity index (χ0n) is 43.2. The molecule has 0 unspecified atom stereocenters. The maximum atomic E-state index is 13.8. The van der Waals surface area contributed by atoms with Gasteiger partial charge in [0.25, 0.3) is 0 Å². The van der Waals surface area contributed by atoms with Crippen molar-refractivity contribution >= 4 is 0 Å². The minimum atomic E-state index is -2.46. The van der Waals surface area contributed by atoms with Gasteiger partial charge in [0.2, 0.25) is 0 Å². The normalized spacial score (nSPS) is 12.7. The molecule has 0 aliphatic carbocycles. The second-order valence-corrected chi connectivity index (χ2v) is 16.7. The van der Waals surface area contributed by atoms with E-state index in [9.17, 15) is 8.78 Å². The first kappa shape index (κ1) is 39.5. The van der Waals surface area contributed by atoms with Gasteiger partial charge in [-0.05, 0) is 118 Å². The van der Waals surface area contributed by atoms with Crippen LogP contribution >= 0.6 is 0 Å². The minimum Gasteiger partial charge on any atom is -0.304 e. The van der Waals surface area contributed by atoms with Gasteiger partial charge in [-0.3, -0.25) is 8.78 Å². The smallest absolute Gasteiger partial charge is 0.304 e. The number of pyridine rings is 3. The Bertz CT molecular complexity index is 3460. The fraction of sp³-hybridized carbons (Fsp3) is 0.0952. The standard InChI is InChI=1S/C63H46F2N3.Ir/c1-42-33-61(50-25-29-55(64)30-26-50)66-39-52(42)19-17-44-35-45(18-20-53-40-67-62(34-43(53)2)51-27-31-56(65)32-28-51)37-54(36-44)57-15-9-10-16-58(57)60-41-68-63(49-13-7-4-8-14-49)38-59(60)48-23-21-47(22-24-48)46-11-5-3-6-12-46;/h3-13,15-16,21-25,27,29-41H,17-20H2,1-2H3;/q-3;+3/i1D3,2D3;. The molecule has 0 aliphatic heterocycles. The summed E-state index contributed by atoms with van der Waals surface area (Å²) in [6.07, 6.45) is 6.68. The van der Waals surface area contributed by atoms with E-state index < -0.39 is 25.3 Å². The number of nitrogens with zero attached hydrogens (tertiary/aromatic N) is 3. The molecule has 3 aromatic heterocycles. The third-order valence-corrected chi connectivity index (χ3v) is 12.2. The minimum absolute atomic E-state index is 0. The molecule has 69 heavy (non-hydrogen) atoms. The molecular weight excluding hydrogens is 1030 g/mol. The van der Waals surface area contributed by atoms with Crippen molar-refractivity contribution in [3.8, 4) is 78.3 Å². The van der Waals surface area contributed by atoms with Crippen LogP contribution in [0.4, 0.5) is 8.78 Å². The van der Waals surface area contributed by atoms with E-state index in [0.29, 0.717) is 59.3 Å². The second kappa shape index (κ2) is 21.2. The van der Waals surface area contributed by atoms with Crippen molar-refractivity contribution in [1.29, 1.82) is 0 Å². The van der Waals surface area contributed by atoms with Crippen LogP contribution in [0.15, 0.2) is 195 Å². The van der Waals surface area contributed by atoms with Gasteiger partial charge in [0.05, 0.1) is 0 Å². The number of aryl methyl sites for hydroxylation is 6. The molecule has 0 amide bonds. The zero-order valence-corrected chi connectivity index (χ0v) is 39.6. The number of benzene rings is 7. The molecular formula is C63H46F2IrN3. The number of halogens is 2. The van der Waals surface area contributed by atoms with Crippen molar-refractivity contribution in [2.45, 2.75) is 39.4 Å². The Morgan fingerprint density at radius 1 is 0.420 bits per heavy atom. The number of hydrogen-bond acceptors (Lipinski definition) is 3. The van der Waals surface area contributed by atoms with Crippen LogP contribution in [0.1, 0.15) is 41.6 Å². The number of rotatable bonds is 13. The van der Waals surface area contributed by atoms with Gasteiger partial charge in [0.15, 0.2) is 0 Å². The average Bonchev–Trinajstić information content (AvgIpc) is 3.42. The quantitative estimate of drug-likeness (QED) is 0.108. The van der Waals surface area contributed by atoms with Gasteiger partial charge >= 0.3 is 20.1 Å². The molecule has 0 fully saturated rings. The van der Waals surface area contributed by atoms with E-state index in [-0.39, 0.29) is 31.2 Å². The molecule has 0 N–H and O–H groups in total. The molecule has 0 bridgehead atoms. The molecule has 336 valence electrons. The second-order valence-electron chi connectivity index (χ2n) is 16.7. The van der Waals surface area contributed by atoms with E-state index in [4.69, 9.17) is 13.2 Å². The monoisotopic (exact) mass is 1080 g/mol. The van der Waals surface area contributed by atoms with Crippen LogP contribution in [0.25, 0.3) is 78.3 Å². The molecule has 3 heterocycles. The Morgan fingerprint density at radius 2 is 0.942 bits per heavy atom. The molecule has 0 radical (unpaired) electrons. The molecule has 6 heteroatoms. The van der Waals surface area contributed by atoms with Crippen molar-refractivity contribution < 1.29 is 37.1 Å². The third kappa shape index (κ3) is 10.8. The molecule has 3 nitrogen and oxygen atoms in total. The predicted octanol–water partition coefficient (Wildman–Crippen LogP) is 15.4. The molecule has 10 aromatic rings. The van der Waals surface area contributed by atoms with Gasteiger partial charge in [0.1, 0.15) is 0 Å². The van der Waals surface area contributed by atoms with Gasteiger partial charge in [-0.2, -0.15) is 0 Å². The Kier molecular flexibility index (Phi) is 12.1. The molecule has 0 spiro atoms. The average molecular weight is 1080 g/mol. The summed E-state index contributed by atoms with van der Waals surface area (Å²) >= 11 is 0. The molecule has 0 aliphatic rings. The first-order valence-electron chi connectivity index (χ1n) is 25.4. The molecule has 7 aromatic carbocycles. The van der Waals surface area contributed by atoms with Crippen LogP contribution in [0.5, 0.6) is 0 Å². The molecule has 10 rings (SSSR count). The van der Waals surface area contributed by atoms with Crippen LogP contribution in [-0.2, 0) is 45.8 Å². The maximum absolute atomic E-state index is 13.8. The van der Waals surface area contributed by atoms with Crippen molar-refractivity contribution in [3.05, 3.63) is 258 Å². The first-order chi connectivity index (χ1) is 35.7. The fourth-order valence-electron chi connectivity index (χ4n) is 8.61. The summed E-state index contributed by atoms with van der Waals surface area (Å²) in [7, 11) is 0. The summed E-state index contributed by atoms with van der Waals surface area (Å²) < 4.78 is 78.6. The Morgan fingerprint density at radius 3 is 1.51 bits per heavy atom. The SMILES string of the molecule is [2H]C([2H])([2H])c1cc(-c2[c-]cc(F)cc2)ncc1CCc1cc(CCc2cnc(-c3[c-]cc(F)cc3)cc2C([2H])([2H])[2H])cc(-c2ccccc2-c2cnc(-c3[c-]cccc3)cc2-c2ccc(-c3ccccc3)cc2)c1.[Ir+3]. The maximum Gasteiger partial charge on any atom is 3.00 e. The summed E-state index contributed by atoms with van der Waals surface area (Å²) in [5, 5.41) is 0. The summed E-state index contributed by atoms with van der Waals surface area (Å²) in [5.41, 5.74) is 14.6. The fourth-order valence-corrected chi connectivity index (χ4v) is 8.61. The van der Waals surface area contributed by atoms with Crippen molar-refractivity contribution in [2.24, 2.45) is 0 Å². The molecule has 0 saturated heterocycles. The number of hydrogen-bond donors (Lipinski definition) is 0. The summed E-state index contributed by atoms with van der Waals surface area (Å²) in [5.74, 6) is -0.909. The van der Waals surface area contributed by atoms with Crippen molar-refractivity contribution in [2.75, 3.05) is 0 Å². The van der Waals surface area contributed by atoms with E-state index in [1.807, 2.05) is 60.8 Å². The molecule has 0 atom stereocenters. The van der Waals surface area contributed by atoms with Gasteiger partial charge in [-0.25, -0.2) is 0 Å². The Labute approximate surface area is 425 Å². The van der Waals surface area contributed by atoms with E-state index in [0.717, 1.165) is 66.9 Å². The van der Waals surface area contributed by atoms with E-state index in [1.165, 1.54) is 36.4 Å². The van der Waals surface area contributed by atoms with Gasteiger partial charge < -0.3 is 15.0 Å². The van der Waals surface area contributed by atoms with Gasteiger partial charge in [-0.1, -0.05) is 126 Å². The van der Waals surface area contributed by atoms with Crippen LogP contribution in [0.2, 0.25) is 0 Å². The van der Waals surface area contributed by atoms with Crippen LogP contribution < -0.4 is 0 Å². The van der Waals surface area contributed by atoms with E-state index in [2.05, 4.69) is 101 Å². The van der Waals surface area contributed by atoms with E-state index in [1.54, 1.807) is 24.5 Å².